The quantitative estimate of drug-likeness (QED) is 0.372. The largest absolute Gasteiger partial charge is 0.403 e. The molecule has 0 bridgehead atoms. The van der Waals surface area contributed by atoms with Gasteiger partial charge < -0.3 is 21.0 Å². The molecule has 2 heterocycles. The number of fused-ring (bicyclic) bond motifs is 1. The molecule has 1 aliphatic carbocycles. The predicted octanol–water partition coefficient (Wildman–Crippen LogP) is 3.11. The number of aromatic nitrogens is 2. The highest BCUT2D eigenvalue weighted by atomic mass is 16.1. The van der Waals surface area contributed by atoms with E-state index < -0.39 is 0 Å². The van der Waals surface area contributed by atoms with Crippen molar-refractivity contribution in [3.8, 4) is 11.3 Å². The number of nitrogens with one attached hydrogen (secondary N) is 2. The minimum absolute atomic E-state index is 0.0798. The molecular weight excluding hydrogens is 376 g/mol. The first kappa shape index (κ1) is 20.0. The van der Waals surface area contributed by atoms with Crippen LogP contribution in [0.25, 0.3) is 27.9 Å². The Morgan fingerprint density at radius 2 is 2.17 bits per heavy atom. The van der Waals surface area contributed by atoms with E-state index >= 15 is 0 Å². The van der Waals surface area contributed by atoms with Crippen LogP contribution >= 0.6 is 0 Å². The van der Waals surface area contributed by atoms with Gasteiger partial charge in [0.1, 0.15) is 0 Å². The number of hydrogen-bond acceptors (Lipinski definition) is 5. The first-order valence-corrected chi connectivity index (χ1v) is 10.4. The average Bonchev–Trinajstić information content (AvgIpc) is 3.43. The molecule has 0 radical (unpaired) electrons. The molecule has 0 spiro atoms. The number of hydrazine groups is 1. The van der Waals surface area contributed by atoms with Gasteiger partial charge in [0.15, 0.2) is 0 Å². The van der Waals surface area contributed by atoms with Crippen molar-refractivity contribution in [3.63, 3.8) is 0 Å². The predicted molar refractivity (Wildman–Crippen MR) is 120 cm³/mol. The summed E-state index contributed by atoms with van der Waals surface area (Å²) in [5.41, 5.74) is 10.5. The number of nitrogens with zero attached hydrogens (tertiary/aromatic N) is 2. The molecule has 1 amide bonds. The number of H-pyrrole nitrogens is 1. The molecule has 1 fully saturated rings. The van der Waals surface area contributed by atoms with Gasteiger partial charge in [0, 0.05) is 53.7 Å². The molecule has 6 N–H and O–H groups in total. The van der Waals surface area contributed by atoms with E-state index in [1.807, 2.05) is 31.3 Å². The van der Waals surface area contributed by atoms with Crippen molar-refractivity contribution in [3.05, 3.63) is 60.6 Å². The molecule has 3 aromatic rings. The van der Waals surface area contributed by atoms with Crippen LogP contribution in [0.5, 0.6) is 0 Å². The molecule has 1 saturated carbocycles. The smallest absolute Gasteiger partial charge is 0.219 e. The third kappa shape index (κ3) is 4.02. The zero-order valence-corrected chi connectivity index (χ0v) is 17.1. The third-order valence-electron chi connectivity index (χ3n) is 5.83. The van der Waals surface area contributed by atoms with Crippen LogP contribution in [0.3, 0.4) is 0 Å². The second-order valence-corrected chi connectivity index (χ2v) is 7.76. The Balaban J connectivity index is 1.47. The number of aromatic amines is 1. The number of nitrogens with two attached hydrogens (primary N) is 2. The summed E-state index contributed by atoms with van der Waals surface area (Å²) >= 11 is 0. The first-order valence-electron chi connectivity index (χ1n) is 10.4. The van der Waals surface area contributed by atoms with Crippen molar-refractivity contribution in [1.29, 1.82) is 0 Å². The summed E-state index contributed by atoms with van der Waals surface area (Å²) in [5, 5.41) is 5.96. The van der Waals surface area contributed by atoms with E-state index in [9.17, 15) is 4.79 Å². The Hall–Kier alpha value is -3.32. The summed E-state index contributed by atoms with van der Waals surface area (Å²) < 4.78 is 0. The van der Waals surface area contributed by atoms with Gasteiger partial charge in [-0.3, -0.25) is 9.78 Å². The van der Waals surface area contributed by atoms with Crippen LogP contribution in [0.1, 0.15) is 38.2 Å². The maximum atomic E-state index is 11.7. The number of carbonyl (C=O) groups excluding carboxylic acids is 1. The molecule has 156 valence electrons. The first-order chi connectivity index (χ1) is 14.6. The highest BCUT2D eigenvalue weighted by Gasteiger charge is 2.30. The summed E-state index contributed by atoms with van der Waals surface area (Å²) in [6.45, 7) is 1.86. The summed E-state index contributed by atoms with van der Waals surface area (Å²) in [6.07, 6.45) is 8.39. The fourth-order valence-electron chi connectivity index (χ4n) is 4.12. The Labute approximate surface area is 176 Å². The SMILES string of the molecule is CCC(=O)NC1CCC(N(N)/C(=C\N)c2ccc(-c3ccc4cc[nH]c4c3)nc2)C1. The van der Waals surface area contributed by atoms with Crippen molar-refractivity contribution in [2.45, 2.75) is 44.7 Å². The monoisotopic (exact) mass is 404 g/mol. The number of carbonyl (C=O) groups is 1. The summed E-state index contributed by atoms with van der Waals surface area (Å²) in [5.74, 6) is 6.51. The summed E-state index contributed by atoms with van der Waals surface area (Å²) in [4.78, 5) is 19.5. The van der Waals surface area contributed by atoms with E-state index in [1.54, 1.807) is 11.2 Å². The lowest BCUT2D eigenvalue weighted by Crippen LogP contribution is -2.40. The van der Waals surface area contributed by atoms with Crippen LogP contribution in [0, 0.1) is 0 Å². The van der Waals surface area contributed by atoms with Crippen molar-refractivity contribution in [1.82, 2.24) is 20.3 Å². The van der Waals surface area contributed by atoms with Gasteiger partial charge in [-0.2, -0.15) is 0 Å². The average molecular weight is 405 g/mol. The lowest BCUT2D eigenvalue weighted by molar-refractivity contribution is -0.121. The van der Waals surface area contributed by atoms with E-state index in [0.717, 1.165) is 47.3 Å². The molecule has 2 atom stereocenters. The Kier molecular flexibility index (Phi) is 5.72. The van der Waals surface area contributed by atoms with Crippen molar-refractivity contribution >= 4 is 22.5 Å². The molecule has 7 heteroatoms. The highest BCUT2D eigenvalue weighted by Crippen LogP contribution is 2.29. The zero-order chi connectivity index (χ0) is 21.1. The molecule has 4 rings (SSSR count). The number of amides is 1. The molecular formula is C23H28N6O. The zero-order valence-electron chi connectivity index (χ0n) is 17.1. The minimum Gasteiger partial charge on any atom is -0.403 e. The van der Waals surface area contributed by atoms with Gasteiger partial charge in [-0.25, -0.2) is 5.84 Å². The van der Waals surface area contributed by atoms with Crippen LogP contribution in [0.2, 0.25) is 0 Å². The van der Waals surface area contributed by atoms with E-state index in [-0.39, 0.29) is 18.0 Å². The minimum atomic E-state index is 0.0798. The lowest BCUT2D eigenvalue weighted by Gasteiger charge is -2.28. The molecule has 2 aromatic heterocycles. The third-order valence-corrected chi connectivity index (χ3v) is 5.83. The summed E-state index contributed by atoms with van der Waals surface area (Å²) in [7, 11) is 0. The fourth-order valence-corrected chi connectivity index (χ4v) is 4.12. The van der Waals surface area contributed by atoms with E-state index in [4.69, 9.17) is 11.6 Å². The number of hydrogen-bond donors (Lipinski definition) is 4. The molecule has 0 aliphatic heterocycles. The van der Waals surface area contributed by atoms with Crippen molar-refractivity contribution in [2.75, 3.05) is 0 Å². The summed E-state index contributed by atoms with van der Waals surface area (Å²) in [6, 6.07) is 12.5. The van der Waals surface area contributed by atoms with E-state index in [2.05, 4.69) is 33.5 Å². The second kappa shape index (κ2) is 8.59. The number of rotatable bonds is 6. The number of pyridine rings is 1. The Morgan fingerprint density at radius 1 is 1.30 bits per heavy atom. The van der Waals surface area contributed by atoms with Crippen LogP contribution in [0.4, 0.5) is 0 Å². The van der Waals surface area contributed by atoms with Gasteiger partial charge in [-0.05, 0) is 48.9 Å². The molecule has 2 unspecified atom stereocenters. The molecule has 1 aromatic carbocycles. The van der Waals surface area contributed by atoms with Crippen molar-refractivity contribution < 1.29 is 4.79 Å². The van der Waals surface area contributed by atoms with E-state index in [0.29, 0.717) is 6.42 Å². The molecule has 30 heavy (non-hydrogen) atoms. The Morgan fingerprint density at radius 3 is 2.90 bits per heavy atom. The van der Waals surface area contributed by atoms with Crippen molar-refractivity contribution in [2.24, 2.45) is 11.6 Å². The van der Waals surface area contributed by atoms with E-state index in [1.165, 1.54) is 11.6 Å². The standard InChI is InChI=1S/C23H28N6O/c1-2-23(30)28-18-6-7-19(12-18)29(25)22(13-24)17-5-8-20(27-14-17)16-4-3-15-9-10-26-21(15)11-16/h3-5,8-11,13-14,18-19,26H,2,6-7,12,24-25H2,1H3,(H,28,30)/b22-13-. The van der Waals surface area contributed by atoms with Gasteiger partial charge >= 0.3 is 0 Å². The molecule has 1 aliphatic rings. The maximum absolute atomic E-state index is 11.7. The van der Waals surface area contributed by atoms with Crippen LogP contribution < -0.4 is 16.9 Å². The normalized spacial score (nSPS) is 19.2. The van der Waals surface area contributed by atoms with Crippen LogP contribution in [0.15, 0.2) is 55.0 Å². The topological polar surface area (TPSA) is 113 Å². The maximum Gasteiger partial charge on any atom is 0.219 e. The fraction of sp³-hybridized carbons (Fsp3) is 0.304. The molecule has 0 saturated heterocycles. The van der Waals surface area contributed by atoms with Gasteiger partial charge in [-0.15, -0.1) is 0 Å². The highest BCUT2D eigenvalue weighted by molar-refractivity contribution is 5.84. The van der Waals surface area contributed by atoms with Gasteiger partial charge in [0.25, 0.3) is 0 Å². The van der Waals surface area contributed by atoms with Gasteiger partial charge in [0.2, 0.25) is 5.91 Å². The van der Waals surface area contributed by atoms with Crippen LogP contribution in [-0.2, 0) is 4.79 Å². The second-order valence-electron chi connectivity index (χ2n) is 7.76. The lowest BCUT2D eigenvalue weighted by atomic mass is 10.1. The Bertz CT molecular complexity index is 1060. The van der Waals surface area contributed by atoms with Gasteiger partial charge in [0.05, 0.1) is 11.4 Å². The van der Waals surface area contributed by atoms with Crippen LogP contribution in [-0.4, -0.2) is 33.0 Å². The molecule has 7 nitrogen and oxygen atoms in total. The number of benzene rings is 1. The van der Waals surface area contributed by atoms with Gasteiger partial charge in [-0.1, -0.05) is 19.1 Å².